The van der Waals surface area contributed by atoms with Crippen LogP contribution in [0.15, 0.2) is 17.0 Å². The number of nitrogens with zero attached hydrogens (tertiary/aromatic N) is 1. The Morgan fingerprint density at radius 2 is 1.79 bits per heavy atom. The minimum atomic E-state index is -3.44. The van der Waals surface area contributed by atoms with Gasteiger partial charge in [-0.25, -0.2) is 8.42 Å². The van der Waals surface area contributed by atoms with Crippen LogP contribution in [0.25, 0.3) is 0 Å². The maximum absolute atomic E-state index is 13.1. The Balaban J connectivity index is 0.00000208. The summed E-state index contributed by atoms with van der Waals surface area (Å²) in [5, 5.41) is 3.35. The Bertz CT molecular complexity index is 694. The van der Waals surface area contributed by atoms with Gasteiger partial charge in [0, 0.05) is 13.1 Å². The molecular formula is C17H27ClN2O3S. The molecule has 136 valence electrons. The van der Waals surface area contributed by atoms with Crippen LogP contribution in [-0.2, 0) is 10.0 Å². The SMILES string of the molecule is COc1cc(C)c(S(=O)(=O)N2C[C@H]3CNC[C@H]3C2)cc1C(C)C.Cl. The second-order valence-corrected chi connectivity index (χ2v) is 8.92. The van der Waals surface area contributed by atoms with Crippen molar-refractivity contribution in [2.24, 2.45) is 11.8 Å². The standard InChI is InChI=1S/C17H26N2O3S.ClH/c1-11(2)15-6-17(12(3)5-16(15)22-4)23(20,21)19-9-13-7-18-8-14(13)10-19;/h5-6,11,13-14,18H,7-10H2,1-4H3;1H/t13-,14+;. The maximum atomic E-state index is 13.1. The van der Waals surface area contributed by atoms with Crippen molar-refractivity contribution in [3.05, 3.63) is 23.3 Å². The fourth-order valence-electron chi connectivity index (χ4n) is 3.73. The molecule has 24 heavy (non-hydrogen) atoms. The first kappa shape index (κ1) is 19.5. The highest BCUT2D eigenvalue weighted by atomic mass is 35.5. The quantitative estimate of drug-likeness (QED) is 0.879. The predicted molar refractivity (Wildman–Crippen MR) is 97.7 cm³/mol. The monoisotopic (exact) mass is 374 g/mol. The van der Waals surface area contributed by atoms with Crippen molar-refractivity contribution in [1.29, 1.82) is 0 Å². The van der Waals surface area contributed by atoms with Gasteiger partial charge in [0.25, 0.3) is 0 Å². The Hall–Kier alpha value is -0.820. The third kappa shape index (κ3) is 3.29. The van der Waals surface area contributed by atoms with Crippen LogP contribution in [0.1, 0.15) is 30.9 Å². The molecule has 7 heteroatoms. The van der Waals surface area contributed by atoms with Gasteiger partial charge in [0.1, 0.15) is 5.75 Å². The van der Waals surface area contributed by atoms with Gasteiger partial charge in [0.05, 0.1) is 12.0 Å². The molecule has 2 saturated heterocycles. The van der Waals surface area contributed by atoms with Crippen molar-refractivity contribution in [2.45, 2.75) is 31.6 Å². The second-order valence-electron chi connectivity index (χ2n) is 7.01. The van der Waals surface area contributed by atoms with Gasteiger partial charge in [-0.05, 0) is 61.0 Å². The molecule has 1 N–H and O–H groups in total. The normalized spacial score (nSPS) is 24.0. The van der Waals surface area contributed by atoms with Gasteiger partial charge in [0.2, 0.25) is 10.0 Å². The molecule has 2 atom stereocenters. The smallest absolute Gasteiger partial charge is 0.243 e. The van der Waals surface area contributed by atoms with Crippen molar-refractivity contribution in [2.75, 3.05) is 33.3 Å². The average molecular weight is 375 g/mol. The van der Waals surface area contributed by atoms with Gasteiger partial charge in [-0.1, -0.05) is 13.8 Å². The summed E-state index contributed by atoms with van der Waals surface area (Å²) < 4.78 is 33.3. The van der Waals surface area contributed by atoms with Crippen LogP contribution in [0.3, 0.4) is 0 Å². The molecule has 2 aliphatic rings. The first-order chi connectivity index (χ1) is 10.8. The number of sulfonamides is 1. The molecule has 0 amide bonds. The Morgan fingerprint density at radius 3 is 2.29 bits per heavy atom. The number of hydrogen-bond acceptors (Lipinski definition) is 4. The summed E-state index contributed by atoms with van der Waals surface area (Å²) in [6.07, 6.45) is 0. The summed E-state index contributed by atoms with van der Waals surface area (Å²) in [5.74, 6) is 1.88. The summed E-state index contributed by atoms with van der Waals surface area (Å²) in [4.78, 5) is 0.426. The molecule has 0 aliphatic carbocycles. The van der Waals surface area contributed by atoms with Gasteiger partial charge in [-0.2, -0.15) is 4.31 Å². The van der Waals surface area contributed by atoms with E-state index in [2.05, 4.69) is 19.2 Å². The fraction of sp³-hybridized carbons (Fsp3) is 0.647. The molecule has 2 fully saturated rings. The van der Waals surface area contributed by atoms with Crippen molar-refractivity contribution < 1.29 is 13.2 Å². The lowest BCUT2D eigenvalue weighted by molar-refractivity contribution is 0.406. The number of halogens is 1. The minimum absolute atomic E-state index is 0. The third-order valence-electron chi connectivity index (χ3n) is 5.12. The van der Waals surface area contributed by atoms with Crippen LogP contribution in [0.4, 0.5) is 0 Å². The Morgan fingerprint density at radius 1 is 1.21 bits per heavy atom. The molecule has 1 aromatic rings. The molecule has 0 radical (unpaired) electrons. The largest absolute Gasteiger partial charge is 0.496 e. The summed E-state index contributed by atoms with van der Waals surface area (Å²) in [6.45, 7) is 9.05. The molecule has 0 spiro atoms. The van der Waals surface area contributed by atoms with Crippen molar-refractivity contribution in [3.63, 3.8) is 0 Å². The Labute approximate surface area is 151 Å². The highest BCUT2D eigenvalue weighted by molar-refractivity contribution is 7.89. The van der Waals surface area contributed by atoms with Crippen LogP contribution in [0, 0.1) is 18.8 Å². The number of hydrogen-bond donors (Lipinski definition) is 1. The molecule has 0 aromatic heterocycles. The lowest BCUT2D eigenvalue weighted by atomic mass is 10.0. The highest BCUT2D eigenvalue weighted by Gasteiger charge is 2.42. The van der Waals surface area contributed by atoms with Crippen molar-refractivity contribution in [1.82, 2.24) is 9.62 Å². The highest BCUT2D eigenvalue weighted by Crippen LogP contribution is 2.35. The number of methoxy groups -OCH3 is 1. The topological polar surface area (TPSA) is 58.6 Å². The zero-order chi connectivity index (χ0) is 16.8. The van der Waals surface area contributed by atoms with Crippen molar-refractivity contribution in [3.8, 4) is 5.75 Å². The van der Waals surface area contributed by atoms with E-state index in [1.165, 1.54) is 0 Å². The molecule has 2 aliphatic heterocycles. The van der Waals surface area contributed by atoms with E-state index < -0.39 is 10.0 Å². The Kier molecular flexibility index (Phi) is 5.85. The van der Waals surface area contributed by atoms with Gasteiger partial charge < -0.3 is 10.1 Å². The summed E-state index contributed by atoms with van der Waals surface area (Å²) >= 11 is 0. The number of ether oxygens (including phenoxy) is 1. The molecule has 3 rings (SSSR count). The number of benzene rings is 1. The van der Waals surface area contributed by atoms with E-state index in [4.69, 9.17) is 4.74 Å². The van der Waals surface area contributed by atoms with E-state index in [0.717, 1.165) is 30.0 Å². The predicted octanol–water partition coefficient (Wildman–Crippen LogP) is 2.39. The lowest BCUT2D eigenvalue weighted by Gasteiger charge is -2.21. The molecule has 0 saturated carbocycles. The van der Waals surface area contributed by atoms with Gasteiger partial charge in [0.15, 0.2) is 0 Å². The third-order valence-corrected chi connectivity index (χ3v) is 7.10. The maximum Gasteiger partial charge on any atom is 0.243 e. The average Bonchev–Trinajstić information content (AvgIpc) is 3.07. The van der Waals surface area contributed by atoms with Crippen molar-refractivity contribution >= 4 is 22.4 Å². The fourth-order valence-corrected chi connectivity index (χ4v) is 5.53. The van der Waals surface area contributed by atoms with E-state index in [1.54, 1.807) is 17.5 Å². The first-order valence-electron chi connectivity index (χ1n) is 8.24. The van der Waals surface area contributed by atoms with Crippen LogP contribution < -0.4 is 10.1 Å². The number of aryl methyl sites for hydroxylation is 1. The van der Waals surface area contributed by atoms with E-state index in [1.807, 2.05) is 13.0 Å². The van der Waals surface area contributed by atoms with E-state index in [9.17, 15) is 8.42 Å². The molecular weight excluding hydrogens is 348 g/mol. The van der Waals surface area contributed by atoms with Gasteiger partial charge in [-0.15, -0.1) is 12.4 Å². The number of nitrogens with one attached hydrogen (secondary N) is 1. The van der Waals surface area contributed by atoms with E-state index >= 15 is 0 Å². The van der Waals surface area contributed by atoms with Gasteiger partial charge in [-0.3, -0.25) is 0 Å². The molecule has 0 bridgehead atoms. The summed E-state index contributed by atoms with van der Waals surface area (Å²) in [5.41, 5.74) is 1.69. The van der Waals surface area contributed by atoms with Crippen LogP contribution in [-0.4, -0.2) is 46.0 Å². The summed E-state index contributed by atoms with van der Waals surface area (Å²) in [7, 11) is -1.81. The van der Waals surface area contributed by atoms with Gasteiger partial charge >= 0.3 is 0 Å². The number of rotatable bonds is 4. The molecule has 0 unspecified atom stereocenters. The van der Waals surface area contributed by atoms with E-state index in [0.29, 0.717) is 29.8 Å². The first-order valence-corrected chi connectivity index (χ1v) is 9.68. The van der Waals surface area contributed by atoms with Crippen LogP contribution in [0.2, 0.25) is 0 Å². The lowest BCUT2D eigenvalue weighted by Crippen LogP contribution is -2.32. The van der Waals surface area contributed by atoms with E-state index in [-0.39, 0.29) is 18.3 Å². The molecule has 5 nitrogen and oxygen atoms in total. The zero-order valence-corrected chi connectivity index (χ0v) is 16.3. The summed E-state index contributed by atoms with van der Waals surface area (Å²) in [6, 6.07) is 3.65. The molecule has 2 heterocycles. The zero-order valence-electron chi connectivity index (χ0n) is 14.7. The van der Waals surface area contributed by atoms with Crippen LogP contribution >= 0.6 is 12.4 Å². The second kappa shape index (κ2) is 7.20. The minimum Gasteiger partial charge on any atom is -0.496 e. The number of fused-ring (bicyclic) bond motifs is 1. The van der Waals surface area contributed by atoms with Crippen LogP contribution in [0.5, 0.6) is 5.75 Å². The molecule has 1 aromatic carbocycles.